The maximum Gasteiger partial charge on any atom is 0.242 e. The Morgan fingerprint density at radius 1 is 1.15 bits per heavy atom. The molecule has 0 atom stereocenters. The standard InChI is InChI=1S/C24H28N4O4S/c1-5-22(29)28-13-12-17-14-19(10-11-20(17)28)33(30,31)25-15-21-26-23(27-32-21)16-6-8-18(9-7-16)24(2,3)4/h6-11,14,25H,5,12-13,15H2,1-4H3. The molecule has 0 fully saturated rings. The van der Waals surface area contributed by atoms with Crippen molar-refractivity contribution in [1.82, 2.24) is 14.9 Å². The molecule has 2 aromatic carbocycles. The van der Waals surface area contributed by atoms with Crippen molar-refractivity contribution in [3.8, 4) is 11.4 Å². The maximum absolute atomic E-state index is 12.8. The smallest absolute Gasteiger partial charge is 0.242 e. The van der Waals surface area contributed by atoms with Crippen LogP contribution < -0.4 is 9.62 Å². The van der Waals surface area contributed by atoms with Crippen LogP contribution in [0, 0.1) is 0 Å². The van der Waals surface area contributed by atoms with Gasteiger partial charge in [0.25, 0.3) is 0 Å². The van der Waals surface area contributed by atoms with Gasteiger partial charge in [0.15, 0.2) is 0 Å². The molecule has 0 aliphatic carbocycles. The average Bonchev–Trinajstić information content (AvgIpc) is 3.43. The lowest BCUT2D eigenvalue weighted by Gasteiger charge is -2.18. The van der Waals surface area contributed by atoms with Gasteiger partial charge in [-0.1, -0.05) is 57.1 Å². The van der Waals surface area contributed by atoms with Crippen LogP contribution in [0.25, 0.3) is 11.4 Å². The Morgan fingerprint density at radius 2 is 1.88 bits per heavy atom. The number of anilines is 1. The van der Waals surface area contributed by atoms with E-state index in [2.05, 4.69) is 35.6 Å². The largest absolute Gasteiger partial charge is 0.338 e. The van der Waals surface area contributed by atoms with Crippen molar-refractivity contribution in [2.45, 2.75) is 57.4 Å². The van der Waals surface area contributed by atoms with Crippen molar-refractivity contribution in [3.63, 3.8) is 0 Å². The summed E-state index contributed by atoms with van der Waals surface area (Å²) in [7, 11) is -3.78. The molecule has 0 radical (unpaired) electrons. The lowest BCUT2D eigenvalue weighted by atomic mass is 9.87. The lowest BCUT2D eigenvalue weighted by molar-refractivity contribution is -0.118. The Kier molecular flexibility index (Phi) is 6.11. The summed E-state index contributed by atoms with van der Waals surface area (Å²) in [5.41, 5.74) is 3.66. The van der Waals surface area contributed by atoms with E-state index in [0.717, 1.165) is 16.8 Å². The summed E-state index contributed by atoms with van der Waals surface area (Å²) < 4.78 is 33.4. The number of amides is 1. The van der Waals surface area contributed by atoms with E-state index < -0.39 is 10.0 Å². The Bertz CT molecular complexity index is 1270. The number of carbonyl (C=O) groups is 1. The molecule has 174 valence electrons. The number of sulfonamides is 1. The molecule has 1 aliphatic heterocycles. The molecule has 1 aliphatic rings. The van der Waals surface area contributed by atoms with Gasteiger partial charge >= 0.3 is 0 Å². The molecule has 0 bridgehead atoms. The first-order valence-electron chi connectivity index (χ1n) is 10.9. The zero-order valence-electron chi connectivity index (χ0n) is 19.3. The number of aromatic nitrogens is 2. The van der Waals surface area contributed by atoms with Crippen molar-refractivity contribution < 1.29 is 17.7 Å². The predicted molar refractivity (Wildman–Crippen MR) is 125 cm³/mol. The van der Waals surface area contributed by atoms with E-state index in [-0.39, 0.29) is 28.7 Å². The average molecular weight is 469 g/mol. The number of carbonyl (C=O) groups excluding carboxylic acids is 1. The van der Waals surface area contributed by atoms with E-state index in [1.807, 2.05) is 31.2 Å². The molecule has 1 aromatic heterocycles. The van der Waals surface area contributed by atoms with Crippen LogP contribution in [0.4, 0.5) is 5.69 Å². The molecular weight excluding hydrogens is 440 g/mol. The van der Waals surface area contributed by atoms with Gasteiger partial charge in [0.2, 0.25) is 27.6 Å². The zero-order valence-corrected chi connectivity index (χ0v) is 20.1. The monoisotopic (exact) mass is 468 g/mol. The molecule has 0 spiro atoms. The number of benzene rings is 2. The highest BCUT2D eigenvalue weighted by molar-refractivity contribution is 7.89. The molecule has 9 heteroatoms. The first-order valence-corrected chi connectivity index (χ1v) is 12.4. The van der Waals surface area contributed by atoms with Crippen molar-refractivity contribution >= 4 is 21.6 Å². The van der Waals surface area contributed by atoms with Gasteiger partial charge in [-0.25, -0.2) is 13.1 Å². The van der Waals surface area contributed by atoms with Gasteiger partial charge < -0.3 is 9.42 Å². The number of hydrogen-bond acceptors (Lipinski definition) is 6. The Labute approximate surface area is 194 Å². The summed E-state index contributed by atoms with van der Waals surface area (Å²) >= 11 is 0. The molecule has 1 N–H and O–H groups in total. The van der Waals surface area contributed by atoms with Crippen LogP contribution in [0.5, 0.6) is 0 Å². The zero-order chi connectivity index (χ0) is 23.8. The minimum atomic E-state index is -3.78. The molecule has 33 heavy (non-hydrogen) atoms. The number of nitrogens with zero attached hydrogens (tertiary/aromatic N) is 3. The Morgan fingerprint density at radius 3 is 2.55 bits per heavy atom. The fraction of sp³-hybridized carbons (Fsp3) is 0.375. The van der Waals surface area contributed by atoms with Gasteiger partial charge in [-0.2, -0.15) is 4.98 Å². The highest BCUT2D eigenvalue weighted by atomic mass is 32.2. The first-order chi connectivity index (χ1) is 15.6. The molecule has 0 saturated carbocycles. The van der Waals surface area contributed by atoms with E-state index in [4.69, 9.17) is 4.52 Å². The molecular formula is C24H28N4O4S. The van der Waals surface area contributed by atoms with E-state index >= 15 is 0 Å². The molecule has 3 aromatic rings. The van der Waals surface area contributed by atoms with Gasteiger partial charge in [0, 0.05) is 24.2 Å². The van der Waals surface area contributed by atoms with Crippen LogP contribution in [0.3, 0.4) is 0 Å². The summed E-state index contributed by atoms with van der Waals surface area (Å²) in [6, 6.07) is 12.7. The summed E-state index contributed by atoms with van der Waals surface area (Å²) in [6.07, 6.45) is 1.04. The van der Waals surface area contributed by atoms with E-state index in [9.17, 15) is 13.2 Å². The third-order valence-corrected chi connectivity index (χ3v) is 7.15. The van der Waals surface area contributed by atoms with Crippen molar-refractivity contribution in [3.05, 3.63) is 59.5 Å². The van der Waals surface area contributed by atoms with Gasteiger partial charge in [0.05, 0.1) is 11.4 Å². The molecule has 4 rings (SSSR count). The van der Waals surface area contributed by atoms with Crippen LogP contribution >= 0.6 is 0 Å². The van der Waals surface area contributed by atoms with Crippen LogP contribution in [0.1, 0.15) is 51.1 Å². The van der Waals surface area contributed by atoms with Crippen molar-refractivity contribution in [2.24, 2.45) is 0 Å². The number of hydrogen-bond donors (Lipinski definition) is 1. The van der Waals surface area contributed by atoms with E-state index in [1.165, 1.54) is 11.6 Å². The highest BCUT2D eigenvalue weighted by Gasteiger charge is 2.26. The summed E-state index contributed by atoms with van der Waals surface area (Å²) in [4.78, 5) is 18.2. The molecule has 1 amide bonds. The predicted octanol–water partition coefficient (Wildman–Crippen LogP) is 3.81. The Hall–Kier alpha value is -3.04. The fourth-order valence-corrected chi connectivity index (χ4v) is 4.82. The van der Waals surface area contributed by atoms with Crippen molar-refractivity contribution in [2.75, 3.05) is 11.4 Å². The molecule has 0 saturated heterocycles. The topological polar surface area (TPSA) is 105 Å². The van der Waals surface area contributed by atoms with E-state index in [1.54, 1.807) is 17.0 Å². The highest BCUT2D eigenvalue weighted by Crippen LogP contribution is 2.31. The summed E-state index contributed by atoms with van der Waals surface area (Å²) in [6.45, 7) is 8.69. The lowest BCUT2D eigenvalue weighted by Crippen LogP contribution is -2.27. The minimum absolute atomic E-state index is 0.0303. The third kappa shape index (κ3) is 4.84. The van der Waals surface area contributed by atoms with Crippen LogP contribution in [-0.2, 0) is 33.2 Å². The van der Waals surface area contributed by atoms with Crippen LogP contribution in [0.2, 0.25) is 0 Å². The first kappa shape index (κ1) is 23.1. The van der Waals surface area contributed by atoms with Crippen LogP contribution in [0.15, 0.2) is 51.9 Å². The van der Waals surface area contributed by atoms with Gasteiger partial charge in [-0.15, -0.1) is 0 Å². The minimum Gasteiger partial charge on any atom is -0.338 e. The molecule has 0 unspecified atom stereocenters. The van der Waals surface area contributed by atoms with E-state index in [0.29, 0.717) is 25.2 Å². The normalized spacial score (nSPS) is 13.9. The number of nitrogens with one attached hydrogen (secondary N) is 1. The fourth-order valence-electron chi connectivity index (χ4n) is 3.80. The van der Waals surface area contributed by atoms with Crippen molar-refractivity contribution in [1.29, 1.82) is 0 Å². The third-order valence-electron chi connectivity index (χ3n) is 5.75. The summed E-state index contributed by atoms with van der Waals surface area (Å²) in [5.74, 6) is 0.611. The quantitative estimate of drug-likeness (QED) is 0.590. The summed E-state index contributed by atoms with van der Waals surface area (Å²) in [5, 5.41) is 3.97. The van der Waals surface area contributed by atoms with Gasteiger partial charge in [-0.05, 0) is 41.2 Å². The second kappa shape index (κ2) is 8.72. The van der Waals surface area contributed by atoms with Crippen LogP contribution in [-0.4, -0.2) is 31.0 Å². The van der Waals surface area contributed by atoms with Gasteiger partial charge in [-0.3, -0.25) is 4.79 Å². The number of fused-ring (bicyclic) bond motifs is 1. The molecule has 2 heterocycles. The Balaban J connectivity index is 1.45. The second-order valence-electron chi connectivity index (χ2n) is 9.10. The number of rotatable bonds is 6. The molecule has 8 nitrogen and oxygen atoms in total. The maximum atomic E-state index is 12.8. The SMILES string of the molecule is CCC(=O)N1CCc2cc(S(=O)(=O)NCc3nc(-c4ccc(C(C)(C)C)cc4)no3)ccc21. The van der Waals surface area contributed by atoms with Gasteiger partial charge in [0.1, 0.15) is 0 Å². The second-order valence-corrected chi connectivity index (χ2v) is 10.9.